The van der Waals surface area contributed by atoms with Crippen molar-refractivity contribution in [2.75, 3.05) is 7.11 Å². The second-order valence-electron chi connectivity index (χ2n) is 3.96. The summed E-state index contributed by atoms with van der Waals surface area (Å²) in [4.78, 5) is 11.7. The number of carbonyl (C=O) groups excluding carboxylic acids is 1. The summed E-state index contributed by atoms with van der Waals surface area (Å²) >= 11 is 3.32. The van der Waals surface area contributed by atoms with E-state index in [1.807, 2.05) is 36.4 Å². The molecule has 102 valence electrons. The van der Waals surface area contributed by atoms with Gasteiger partial charge in [0.05, 0.1) is 11.6 Å². The lowest BCUT2D eigenvalue weighted by molar-refractivity contribution is -0.128. The molecule has 2 aromatic rings. The molecule has 0 atom stereocenters. The van der Waals surface area contributed by atoms with Crippen molar-refractivity contribution < 1.29 is 14.3 Å². The van der Waals surface area contributed by atoms with Gasteiger partial charge in [0, 0.05) is 6.08 Å². The van der Waals surface area contributed by atoms with Crippen LogP contribution in [0.3, 0.4) is 0 Å². The Kier molecular flexibility index (Phi) is 4.96. The third-order valence-corrected chi connectivity index (χ3v) is 3.21. The maximum absolute atomic E-state index is 11.7. The average molecular weight is 333 g/mol. The minimum atomic E-state index is -0.431. The molecular weight excluding hydrogens is 320 g/mol. The summed E-state index contributed by atoms with van der Waals surface area (Å²) in [6.45, 7) is 0. The SMILES string of the molecule is COc1cccc(/C=C/C(=O)Oc2ccccc2Br)c1. The number of methoxy groups -OCH3 is 1. The molecule has 0 saturated heterocycles. The monoisotopic (exact) mass is 332 g/mol. The van der Waals surface area contributed by atoms with E-state index in [4.69, 9.17) is 9.47 Å². The summed E-state index contributed by atoms with van der Waals surface area (Å²) in [7, 11) is 1.60. The van der Waals surface area contributed by atoms with Crippen LogP contribution >= 0.6 is 15.9 Å². The molecule has 0 fully saturated rings. The van der Waals surface area contributed by atoms with Crippen LogP contribution in [0.5, 0.6) is 11.5 Å². The van der Waals surface area contributed by atoms with Crippen molar-refractivity contribution in [1.82, 2.24) is 0 Å². The van der Waals surface area contributed by atoms with Crippen molar-refractivity contribution in [3.63, 3.8) is 0 Å². The van der Waals surface area contributed by atoms with Crippen LogP contribution in [-0.2, 0) is 4.79 Å². The molecule has 0 spiro atoms. The van der Waals surface area contributed by atoms with Gasteiger partial charge in [0.25, 0.3) is 0 Å². The maximum Gasteiger partial charge on any atom is 0.336 e. The lowest BCUT2D eigenvalue weighted by Crippen LogP contribution is -2.03. The highest BCUT2D eigenvalue weighted by Crippen LogP contribution is 2.24. The van der Waals surface area contributed by atoms with Crippen molar-refractivity contribution in [3.8, 4) is 11.5 Å². The topological polar surface area (TPSA) is 35.5 Å². The van der Waals surface area contributed by atoms with Crippen molar-refractivity contribution in [3.05, 3.63) is 64.6 Å². The Morgan fingerprint density at radius 3 is 2.70 bits per heavy atom. The first kappa shape index (κ1) is 14.3. The normalized spacial score (nSPS) is 10.5. The molecule has 0 N–H and O–H groups in total. The van der Waals surface area contributed by atoms with E-state index in [0.29, 0.717) is 5.75 Å². The predicted octanol–water partition coefficient (Wildman–Crippen LogP) is 4.08. The van der Waals surface area contributed by atoms with E-state index in [-0.39, 0.29) is 0 Å². The summed E-state index contributed by atoms with van der Waals surface area (Å²) < 4.78 is 11.1. The summed E-state index contributed by atoms with van der Waals surface area (Å²) in [6.07, 6.45) is 3.07. The quantitative estimate of drug-likeness (QED) is 0.481. The van der Waals surface area contributed by atoms with Gasteiger partial charge in [0.1, 0.15) is 11.5 Å². The summed E-state index contributed by atoms with van der Waals surface area (Å²) in [6, 6.07) is 14.6. The zero-order chi connectivity index (χ0) is 14.4. The molecule has 0 bridgehead atoms. The molecule has 0 radical (unpaired) electrons. The number of hydrogen-bond donors (Lipinski definition) is 0. The third-order valence-electron chi connectivity index (χ3n) is 2.55. The maximum atomic E-state index is 11.7. The van der Waals surface area contributed by atoms with E-state index in [9.17, 15) is 4.79 Å². The fourth-order valence-electron chi connectivity index (χ4n) is 1.58. The van der Waals surface area contributed by atoms with Crippen LogP contribution in [0.25, 0.3) is 6.08 Å². The largest absolute Gasteiger partial charge is 0.497 e. The number of hydrogen-bond acceptors (Lipinski definition) is 3. The number of para-hydroxylation sites is 1. The van der Waals surface area contributed by atoms with E-state index in [1.54, 1.807) is 25.3 Å². The highest BCUT2D eigenvalue weighted by molar-refractivity contribution is 9.10. The first-order valence-corrected chi connectivity index (χ1v) is 6.77. The first-order chi connectivity index (χ1) is 9.69. The molecule has 0 heterocycles. The Hall–Kier alpha value is -2.07. The van der Waals surface area contributed by atoms with Gasteiger partial charge in [-0.2, -0.15) is 0 Å². The minimum Gasteiger partial charge on any atom is -0.497 e. The molecule has 0 amide bonds. The molecular formula is C16H13BrO3. The smallest absolute Gasteiger partial charge is 0.336 e. The third kappa shape index (κ3) is 3.96. The summed E-state index contributed by atoms with van der Waals surface area (Å²) in [5, 5.41) is 0. The molecule has 0 aliphatic rings. The fourth-order valence-corrected chi connectivity index (χ4v) is 1.95. The number of carbonyl (C=O) groups is 1. The van der Waals surface area contributed by atoms with Gasteiger partial charge in [-0.15, -0.1) is 0 Å². The lowest BCUT2D eigenvalue weighted by atomic mass is 10.2. The molecule has 0 saturated carbocycles. The molecule has 2 aromatic carbocycles. The molecule has 3 nitrogen and oxygen atoms in total. The second-order valence-corrected chi connectivity index (χ2v) is 4.82. The van der Waals surface area contributed by atoms with Crippen LogP contribution in [-0.4, -0.2) is 13.1 Å². The van der Waals surface area contributed by atoms with E-state index in [1.165, 1.54) is 6.08 Å². The Bertz CT molecular complexity index is 635. The van der Waals surface area contributed by atoms with Gasteiger partial charge < -0.3 is 9.47 Å². The van der Waals surface area contributed by atoms with Crippen molar-refractivity contribution in [2.45, 2.75) is 0 Å². The van der Waals surface area contributed by atoms with Gasteiger partial charge >= 0.3 is 5.97 Å². The first-order valence-electron chi connectivity index (χ1n) is 5.97. The van der Waals surface area contributed by atoms with Crippen LogP contribution in [0.4, 0.5) is 0 Å². The van der Waals surface area contributed by atoms with Crippen LogP contribution in [0.1, 0.15) is 5.56 Å². The standard InChI is InChI=1S/C16H13BrO3/c1-19-13-6-4-5-12(11-13)9-10-16(18)20-15-8-3-2-7-14(15)17/h2-11H,1H3/b10-9+. The minimum absolute atomic E-state index is 0.431. The molecule has 0 unspecified atom stereocenters. The second kappa shape index (κ2) is 6.91. The van der Waals surface area contributed by atoms with E-state index in [2.05, 4.69) is 15.9 Å². The number of ether oxygens (including phenoxy) is 2. The predicted molar refractivity (Wildman–Crippen MR) is 81.8 cm³/mol. The molecule has 0 aliphatic heterocycles. The molecule has 0 aromatic heterocycles. The number of halogens is 1. The average Bonchev–Trinajstić information content (AvgIpc) is 2.48. The van der Waals surface area contributed by atoms with E-state index < -0.39 is 5.97 Å². The van der Waals surface area contributed by atoms with Gasteiger partial charge in [-0.1, -0.05) is 24.3 Å². The highest BCUT2D eigenvalue weighted by Gasteiger charge is 2.03. The van der Waals surface area contributed by atoms with Gasteiger partial charge in [0.2, 0.25) is 0 Å². The molecule has 0 aliphatic carbocycles. The van der Waals surface area contributed by atoms with E-state index in [0.717, 1.165) is 15.8 Å². The zero-order valence-electron chi connectivity index (χ0n) is 10.9. The highest BCUT2D eigenvalue weighted by atomic mass is 79.9. The van der Waals surface area contributed by atoms with Crippen molar-refractivity contribution in [2.24, 2.45) is 0 Å². The Labute approximate surface area is 126 Å². The number of esters is 1. The molecule has 20 heavy (non-hydrogen) atoms. The van der Waals surface area contributed by atoms with Gasteiger partial charge in [-0.3, -0.25) is 0 Å². The Morgan fingerprint density at radius 1 is 1.15 bits per heavy atom. The van der Waals surface area contributed by atoms with Gasteiger partial charge in [-0.25, -0.2) is 4.79 Å². The Morgan fingerprint density at radius 2 is 1.95 bits per heavy atom. The summed E-state index contributed by atoms with van der Waals surface area (Å²) in [5.74, 6) is 0.804. The Balaban J connectivity index is 2.04. The molecule has 4 heteroatoms. The van der Waals surface area contributed by atoms with Crippen molar-refractivity contribution >= 4 is 28.0 Å². The van der Waals surface area contributed by atoms with Crippen LogP contribution in [0, 0.1) is 0 Å². The molecule has 2 rings (SSSR count). The number of rotatable bonds is 4. The zero-order valence-corrected chi connectivity index (χ0v) is 12.5. The van der Waals surface area contributed by atoms with Gasteiger partial charge in [0.15, 0.2) is 0 Å². The number of benzene rings is 2. The fraction of sp³-hybridized carbons (Fsp3) is 0.0625. The summed E-state index contributed by atoms with van der Waals surface area (Å²) in [5.41, 5.74) is 0.869. The van der Waals surface area contributed by atoms with Gasteiger partial charge in [-0.05, 0) is 51.8 Å². The van der Waals surface area contributed by atoms with E-state index >= 15 is 0 Å². The van der Waals surface area contributed by atoms with Crippen molar-refractivity contribution in [1.29, 1.82) is 0 Å². The van der Waals surface area contributed by atoms with Crippen LogP contribution < -0.4 is 9.47 Å². The lowest BCUT2D eigenvalue weighted by Gasteiger charge is -2.03. The van der Waals surface area contributed by atoms with Crippen LogP contribution in [0.2, 0.25) is 0 Å². The van der Waals surface area contributed by atoms with Crippen LogP contribution in [0.15, 0.2) is 59.1 Å².